The van der Waals surface area contributed by atoms with Crippen molar-refractivity contribution in [1.29, 1.82) is 0 Å². The minimum atomic E-state index is -3.83. The van der Waals surface area contributed by atoms with E-state index in [0.717, 1.165) is 18.7 Å². The van der Waals surface area contributed by atoms with Crippen molar-refractivity contribution in [2.45, 2.75) is 29.9 Å². The van der Waals surface area contributed by atoms with Crippen LogP contribution < -0.4 is 5.32 Å². The lowest BCUT2D eigenvalue weighted by Crippen LogP contribution is -2.38. The highest BCUT2D eigenvalue weighted by Gasteiger charge is 2.25. The highest BCUT2D eigenvalue weighted by atomic mass is 35.5. The van der Waals surface area contributed by atoms with Crippen LogP contribution in [0.2, 0.25) is 5.02 Å². The zero-order chi connectivity index (χ0) is 22.4. The van der Waals surface area contributed by atoms with Gasteiger partial charge in [-0.05, 0) is 49.0 Å². The summed E-state index contributed by atoms with van der Waals surface area (Å²) in [5.41, 5.74) is 0.917. The third kappa shape index (κ3) is 5.18. The van der Waals surface area contributed by atoms with Gasteiger partial charge in [0.2, 0.25) is 14.9 Å². The van der Waals surface area contributed by atoms with Crippen LogP contribution >= 0.6 is 11.6 Å². The van der Waals surface area contributed by atoms with Crippen LogP contribution in [0, 0.1) is 0 Å². The Morgan fingerprint density at radius 3 is 2.29 bits per heavy atom. The molecule has 0 spiro atoms. The van der Waals surface area contributed by atoms with E-state index in [9.17, 15) is 13.2 Å². The predicted molar refractivity (Wildman–Crippen MR) is 120 cm³/mol. The van der Waals surface area contributed by atoms with Crippen LogP contribution in [0.5, 0.6) is 0 Å². The van der Waals surface area contributed by atoms with Gasteiger partial charge in [0.15, 0.2) is 5.76 Å². The average Bonchev–Trinajstić information content (AvgIpc) is 3.29. The molecule has 8 heteroatoms. The first-order chi connectivity index (χ1) is 14.9. The number of nitrogens with one attached hydrogen (secondary N) is 1. The van der Waals surface area contributed by atoms with Crippen LogP contribution in [-0.4, -0.2) is 38.9 Å². The second-order valence-corrected chi connectivity index (χ2v) is 9.19. The second kappa shape index (κ2) is 10.1. The van der Waals surface area contributed by atoms with E-state index in [4.69, 9.17) is 16.0 Å². The highest BCUT2D eigenvalue weighted by molar-refractivity contribution is 7.91. The van der Waals surface area contributed by atoms with E-state index >= 15 is 0 Å². The lowest BCUT2D eigenvalue weighted by molar-refractivity contribution is 0.0902. The molecule has 1 heterocycles. The molecule has 164 valence electrons. The molecular formula is C23H25ClN2O4S. The number of sulfone groups is 1. The van der Waals surface area contributed by atoms with Crippen molar-refractivity contribution in [3.63, 3.8) is 0 Å². The van der Waals surface area contributed by atoms with Crippen molar-refractivity contribution < 1.29 is 17.6 Å². The van der Waals surface area contributed by atoms with Crippen molar-refractivity contribution in [1.82, 2.24) is 10.2 Å². The van der Waals surface area contributed by atoms with Crippen LogP contribution in [0.3, 0.4) is 0 Å². The largest absolute Gasteiger partial charge is 0.439 e. The van der Waals surface area contributed by atoms with Gasteiger partial charge in [-0.2, -0.15) is 0 Å². The summed E-state index contributed by atoms with van der Waals surface area (Å²) in [4.78, 5) is 15.0. The Balaban J connectivity index is 1.77. The third-order valence-electron chi connectivity index (χ3n) is 5.10. The van der Waals surface area contributed by atoms with Crippen LogP contribution in [0.15, 0.2) is 81.1 Å². The molecule has 1 amide bonds. The van der Waals surface area contributed by atoms with Crippen LogP contribution in [0.1, 0.15) is 36.0 Å². The normalized spacial score (nSPS) is 12.6. The molecule has 31 heavy (non-hydrogen) atoms. The van der Waals surface area contributed by atoms with Crippen molar-refractivity contribution in [3.05, 3.63) is 83.1 Å². The first-order valence-electron chi connectivity index (χ1n) is 10.0. The molecule has 0 aliphatic carbocycles. The van der Waals surface area contributed by atoms with Crippen molar-refractivity contribution in [3.8, 4) is 0 Å². The number of carbonyl (C=O) groups excluding carboxylic acids is 1. The van der Waals surface area contributed by atoms with Crippen LogP contribution in [-0.2, 0) is 9.84 Å². The SMILES string of the molecule is CCN(CC)C(CNC(=O)c1ccc(S(=O)(=O)c2ccccc2)o1)c1ccccc1Cl. The summed E-state index contributed by atoms with van der Waals surface area (Å²) in [6.07, 6.45) is 0. The standard InChI is InChI=1S/C23H25ClN2O4S/c1-3-26(4-2)20(18-12-8-9-13-19(18)24)16-25-23(27)21-14-15-22(30-21)31(28,29)17-10-6-5-7-11-17/h5-15,20H,3-4,16H2,1-2H3,(H,25,27). The fraction of sp³-hybridized carbons (Fsp3) is 0.261. The predicted octanol–water partition coefficient (Wildman–Crippen LogP) is 4.58. The summed E-state index contributed by atoms with van der Waals surface area (Å²) in [5, 5.41) is 3.21. The van der Waals surface area contributed by atoms with E-state index in [1.54, 1.807) is 18.2 Å². The van der Waals surface area contributed by atoms with Gasteiger partial charge < -0.3 is 9.73 Å². The van der Waals surface area contributed by atoms with Gasteiger partial charge in [-0.25, -0.2) is 8.42 Å². The number of carbonyl (C=O) groups is 1. The Morgan fingerprint density at radius 1 is 1.00 bits per heavy atom. The molecule has 0 saturated heterocycles. The molecule has 3 aromatic rings. The number of rotatable bonds is 9. The van der Waals surface area contributed by atoms with Gasteiger partial charge in [0.25, 0.3) is 5.91 Å². The Bertz CT molecular complexity index is 1130. The molecule has 0 radical (unpaired) electrons. The Hall–Kier alpha value is -2.61. The molecule has 0 saturated carbocycles. The van der Waals surface area contributed by atoms with E-state index < -0.39 is 15.7 Å². The number of halogens is 1. The molecule has 0 aliphatic rings. The number of benzene rings is 2. The zero-order valence-corrected chi connectivity index (χ0v) is 19.0. The van der Waals surface area contributed by atoms with Crippen LogP contribution in [0.4, 0.5) is 0 Å². The molecule has 1 N–H and O–H groups in total. The Kier molecular flexibility index (Phi) is 7.54. The third-order valence-corrected chi connectivity index (χ3v) is 7.08. The number of hydrogen-bond donors (Lipinski definition) is 1. The average molecular weight is 461 g/mol. The molecule has 6 nitrogen and oxygen atoms in total. The monoisotopic (exact) mass is 460 g/mol. The topological polar surface area (TPSA) is 79.6 Å². The van der Waals surface area contributed by atoms with Gasteiger partial charge in [-0.15, -0.1) is 0 Å². The summed E-state index contributed by atoms with van der Waals surface area (Å²) in [6, 6.07) is 18.0. The first kappa shape index (κ1) is 23.1. The van der Waals surface area contributed by atoms with E-state index in [1.807, 2.05) is 38.1 Å². The van der Waals surface area contributed by atoms with E-state index in [1.165, 1.54) is 24.3 Å². The minimum absolute atomic E-state index is 0.0630. The maximum Gasteiger partial charge on any atom is 0.287 e. The van der Waals surface area contributed by atoms with Crippen molar-refractivity contribution >= 4 is 27.3 Å². The van der Waals surface area contributed by atoms with Gasteiger partial charge in [-0.1, -0.05) is 61.8 Å². The number of hydrogen-bond acceptors (Lipinski definition) is 5. The second-order valence-electron chi connectivity index (χ2n) is 6.90. The van der Waals surface area contributed by atoms with E-state index in [2.05, 4.69) is 10.2 Å². The van der Waals surface area contributed by atoms with Crippen molar-refractivity contribution in [2.75, 3.05) is 19.6 Å². The number of likely N-dealkylation sites (N-methyl/N-ethyl adjacent to an activating group) is 1. The lowest BCUT2D eigenvalue weighted by Gasteiger charge is -2.30. The highest BCUT2D eigenvalue weighted by Crippen LogP contribution is 2.27. The molecule has 1 unspecified atom stereocenters. The summed E-state index contributed by atoms with van der Waals surface area (Å²) in [5.74, 6) is -0.550. The molecule has 0 aliphatic heterocycles. The zero-order valence-electron chi connectivity index (χ0n) is 17.4. The number of amides is 1. The quantitative estimate of drug-likeness (QED) is 0.505. The number of furan rings is 1. The summed E-state index contributed by atoms with van der Waals surface area (Å²) in [7, 11) is -3.83. The molecule has 1 aromatic heterocycles. The smallest absolute Gasteiger partial charge is 0.287 e. The summed E-state index contributed by atoms with van der Waals surface area (Å²) in [6.45, 7) is 5.95. The first-order valence-corrected chi connectivity index (χ1v) is 11.9. The fourth-order valence-corrected chi connectivity index (χ4v) is 4.88. The van der Waals surface area contributed by atoms with Gasteiger partial charge in [0.05, 0.1) is 10.9 Å². The Labute approximate surface area is 187 Å². The van der Waals surface area contributed by atoms with Gasteiger partial charge in [0.1, 0.15) is 0 Å². The van der Waals surface area contributed by atoms with Gasteiger partial charge in [-0.3, -0.25) is 9.69 Å². The van der Waals surface area contributed by atoms with Gasteiger partial charge >= 0.3 is 0 Å². The Morgan fingerprint density at radius 2 is 1.65 bits per heavy atom. The maximum atomic E-state index is 12.7. The van der Waals surface area contributed by atoms with E-state index in [0.29, 0.717) is 11.6 Å². The molecule has 0 bridgehead atoms. The summed E-state index contributed by atoms with van der Waals surface area (Å²) >= 11 is 6.40. The molecule has 0 fully saturated rings. The maximum absolute atomic E-state index is 12.7. The lowest BCUT2D eigenvalue weighted by atomic mass is 10.0. The molecular weight excluding hydrogens is 436 g/mol. The fourth-order valence-electron chi connectivity index (χ4n) is 3.42. The summed E-state index contributed by atoms with van der Waals surface area (Å²) < 4.78 is 30.8. The minimum Gasteiger partial charge on any atom is -0.439 e. The van der Waals surface area contributed by atoms with Crippen LogP contribution in [0.25, 0.3) is 0 Å². The van der Waals surface area contributed by atoms with Crippen molar-refractivity contribution in [2.24, 2.45) is 0 Å². The van der Waals surface area contributed by atoms with Gasteiger partial charge in [0, 0.05) is 11.6 Å². The molecule has 1 atom stereocenters. The molecule has 2 aromatic carbocycles. The van der Waals surface area contributed by atoms with E-state index in [-0.39, 0.29) is 21.8 Å². The number of nitrogens with zero attached hydrogens (tertiary/aromatic N) is 1. The molecule has 3 rings (SSSR count).